The summed E-state index contributed by atoms with van der Waals surface area (Å²) in [5.74, 6) is -3.35. The zero-order valence-corrected chi connectivity index (χ0v) is 22.1. The topological polar surface area (TPSA) is 201 Å². The predicted molar refractivity (Wildman–Crippen MR) is 146 cm³/mol. The Kier molecular flexibility index (Phi) is 6.36. The normalized spacial score (nSPS) is 22.9. The van der Waals surface area contributed by atoms with Crippen LogP contribution in [0.1, 0.15) is 51.5 Å². The first-order valence-corrected chi connectivity index (χ1v) is 13.1. The average molecular weight is 577 g/mol. The molecule has 0 fully saturated rings. The summed E-state index contributed by atoms with van der Waals surface area (Å²) in [7, 11) is 0. The van der Waals surface area contributed by atoms with Gasteiger partial charge in [0.05, 0.1) is 6.10 Å². The number of aliphatic hydroxyl groups is 2. The highest BCUT2D eigenvalue weighted by molar-refractivity contribution is 5.67. The smallest absolute Gasteiger partial charge is 0.157 e. The lowest BCUT2D eigenvalue weighted by Gasteiger charge is -2.40. The Hall–Kier alpha value is -5.00. The molecule has 5 atom stereocenters. The molecule has 2 aliphatic heterocycles. The Morgan fingerprint density at radius 1 is 0.667 bits per heavy atom. The number of aromatic hydroxyl groups is 7. The number of rotatable bonds is 3. The van der Waals surface area contributed by atoms with Crippen molar-refractivity contribution in [3.05, 3.63) is 88.0 Å². The molecule has 0 saturated heterocycles. The molecule has 0 unspecified atom stereocenters. The number of hydrogen-bond donors (Lipinski definition) is 9. The van der Waals surface area contributed by atoms with Crippen molar-refractivity contribution in [2.75, 3.05) is 0 Å². The van der Waals surface area contributed by atoms with Crippen LogP contribution in [0.25, 0.3) is 0 Å². The summed E-state index contributed by atoms with van der Waals surface area (Å²) in [4.78, 5) is 0. The van der Waals surface area contributed by atoms with E-state index in [0.29, 0.717) is 11.1 Å². The van der Waals surface area contributed by atoms with Crippen LogP contribution < -0.4 is 9.47 Å². The lowest BCUT2D eigenvalue weighted by atomic mass is 9.77. The number of phenolic OH excluding ortho intramolecular Hbond substituents is 7. The first kappa shape index (κ1) is 27.2. The van der Waals surface area contributed by atoms with E-state index >= 15 is 0 Å². The number of benzene rings is 4. The molecule has 0 aliphatic carbocycles. The second-order valence-corrected chi connectivity index (χ2v) is 10.6. The minimum atomic E-state index is -1.43. The van der Waals surface area contributed by atoms with Crippen LogP contribution in [-0.4, -0.2) is 58.2 Å². The fourth-order valence-corrected chi connectivity index (χ4v) is 5.82. The molecule has 0 aromatic heterocycles. The quantitative estimate of drug-likeness (QED) is 0.161. The third-order valence-corrected chi connectivity index (χ3v) is 7.98. The summed E-state index contributed by atoms with van der Waals surface area (Å²) >= 11 is 0. The summed E-state index contributed by atoms with van der Waals surface area (Å²) in [5, 5.41) is 95.3. The largest absolute Gasteiger partial charge is 0.508 e. The van der Waals surface area contributed by atoms with Crippen molar-refractivity contribution in [3.63, 3.8) is 0 Å². The number of ether oxygens (including phenoxy) is 2. The third kappa shape index (κ3) is 4.21. The number of hydrogen-bond acceptors (Lipinski definition) is 11. The minimum absolute atomic E-state index is 0.00394. The van der Waals surface area contributed by atoms with Crippen molar-refractivity contribution in [1.82, 2.24) is 0 Å². The van der Waals surface area contributed by atoms with Gasteiger partial charge in [-0.2, -0.15) is 0 Å². The van der Waals surface area contributed by atoms with Crippen molar-refractivity contribution in [2.24, 2.45) is 0 Å². The monoisotopic (exact) mass is 576 g/mol. The van der Waals surface area contributed by atoms with E-state index in [2.05, 4.69) is 0 Å². The predicted octanol–water partition coefficient (Wildman–Crippen LogP) is 3.60. The van der Waals surface area contributed by atoms with Gasteiger partial charge in [0, 0.05) is 40.7 Å². The van der Waals surface area contributed by atoms with Crippen molar-refractivity contribution < 1.29 is 55.4 Å². The van der Waals surface area contributed by atoms with Crippen molar-refractivity contribution in [2.45, 2.75) is 43.7 Å². The van der Waals surface area contributed by atoms with Gasteiger partial charge in [-0.05, 0) is 48.4 Å². The molecule has 218 valence electrons. The molecular formula is C31H28O11. The van der Waals surface area contributed by atoms with Crippen LogP contribution in [0.15, 0.2) is 54.6 Å². The fraction of sp³-hybridized carbons (Fsp3) is 0.226. The van der Waals surface area contributed by atoms with Crippen LogP contribution in [0.5, 0.6) is 51.7 Å². The van der Waals surface area contributed by atoms with Crippen LogP contribution in [-0.2, 0) is 6.42 Å². The molecule has 42 heavy (non-hydrogen) atoms. The zero-order chi connectivity index (χ0) is 30.0. The van der Waals surface area contributed by atoms with Gasteiger partial charge in [-0.15, -0.1) is 0 Å². The maximum absolute atomic E-state index is 11.8. The van der Waals surface area contributed by atoms with E-state index in [9.17, 15) is 46.0 Å². The van der Waals surface area contributed by atoms with Gasteiger partial charge in [-0.25, -0.2) is 0 Å². The molecule has 0 radical (unpaired) electrons. The van der Waals surface area contributed by atoms with Crippen LogP contribution in [0.3, 0.4) is 0 Å². The highest BCUT2D eigenvalue weighted by Gasteiger charge is 2.45. The van der Waals surface area contributed by atoms with Gasteiger partial charge < -0.3 is 55.4 Å². The number of aliphatic hydroxyl groups excluding tert-OH is 2. The lowest BCUT2D eigenvalue weighted by molar-refractivity contribution is 0.00181. The average Bonchev–Trinajstić information content (AvgIpc) is 2.96. The Balaban J connectivity index is 1.56. The van der Waals surface area contributed by atoms with E-state index in [4.69, 9.17) is 9.47 Å². The SMILES string of the molecule is Cc1c(O)c2c(c([C@@H]3c4ccc(O)cc4O[C@H](c4ccc(O)c(O)c4)[C@H]3O)c1O)O[C@H](c1ccc(O)c(O)c1)[C@H](O)C2. The molecule has 2 heterocycles. The molecule has 0 saturated carbocycles. The van der Waals surface area contributed by atoms with Gasteiger partial charge in [-0.1, -0.05) is 18.2 Å². The van der Waals surface area contributed by atoms with Crippen LogP contribution in [0.4, 0.5) is 0 Å². The van der Waals surface area contributed by atoms with E-state index in [1.54, 1.807) is 0 Å². The van der Waals surface area contributed by atoms with Gasteiger partial charge in [0.25, 0.3) is 0 Å². The summed E-state index contributed by atoms with van der Waals surface area (Å²) < 4.78 is 12.3. The third-order valence-electron chi connectivity index (χ3n) is 7.98. The van der Waals surface area contributed by atoms with Gasteiger partial charge in [0.15, 0.2) is 29.1 Å². The van der Waals surface area contributed by atoms with Crippen LogP contribution in [0, 0.1) is 6.92 Å². The molecule has 4 aromatic rings. The molecule has 0 bridgehead atoms. The van der Waals surface area contributed by atoms with E-state index in [-0.39, 0.29) is 68.9 Å². The molecule has 0 amide bonds. The van der Waals surface area contributed by atoms with E-state index in [1.165, 1.54) is 61.5 Å². The van der Waals surface area contributed by atoms with Gasteiger partial charge in [0.1, 0.15) is 41.0 Å². The maximum atomic E-state index is 11.8. The van der Waals surface area contributed by atoms with Crippen LogP contribution >= 0.6 is 0 Å². The summed E-state index contributed by atoms with van der Waals surface area (Å²) in [5.41, 5.74) is 1.31. The van der Waals surface area contributed by atoms with E-state index in [0.717, 1.165) is 0 Å². The Labute approximate surface area is 239 Å². The van der Waals surface area contributed by atoms with Gasteiger partial charge in [-0.3, -0.25) is 0 Å². The van der Waals surface area contributed by atoms with Crippen molar-refractivity contribution >= 4 is 0 Å². The second kappa shape index (κ2) is 9.82. The zero-order valence-electron chi connectivity index (χ0n) is 22.1. The summed E-state index contributed by atoms with van der Waals surface area (Å²) in [6.45, 7) is 1.48. The molecule has 4 aromatic carbocycles. The number of fused-ring (bicyclic) bond motifs is 2. The minimum Gasteiger partial charge on any atom is -0.508 e. The van der Waals surface area contributed by atoms with Gasteiger partial charge >= 0.3 is 0 Å². The second-order valence-electron chi connectivity index (χ2n) is 10.6. The molecule has 9 N–H and O–H groups in total. The van der Waals surface area contributed by atoms with Crippen molar-refractivity contribution in [3.8, 4) is 51.7 Å². The summed E-state index contributed by atoms with van der Waals surface area (Å²) in [6, 6.07) is 12.1. The summed E-state index contributed by atoms with van der Waals surface area (Å²) in [6.07, 6.45) is -4.99. The highest BCUT2D eigenvalue weighted by atomic mass is 16.5. The Morgan fingerprint density at radius 2 is 1.29 bits per heavy atom. The molecular weight excluding hydrogens is 548 g/mol. The Morgan fingerprint density at radius 3 is 1.90 bits per heavy atom. The number of phenols is 7. The lowest BCUT2D eigenvalue weighted by Crippen LogP contribution is -2.37. The molecule has 11 heteroatoms. The molecule has 0 spiro atoms. The molecule has 6 rings (SSSR count). The van der Waals surface area contributed by atoms with E-state index < -0.39 is 41.8 Å². The van der Waals surface area contributed by atoms with Crippen LogP contribution in [0.2, 0.25) is 0 Å². The molecule has 2 aliphatic rings. The van der Waals surface area contributed by atoms with E-state index in [1.807, 2.05) is 0 Å². The first-order chi connectivity index (χ1) is 20.0. The standard InChI is InChI=1S/C31H28O11/c1-12-26(38)17-11-22(37)29(13-2-6-18(33)20(35)8-13)42-31(17)25(27(12)39)24-16-5-4-15(32)10-23(16)41-30(28(24)40)14-3-7-19(34)21(36)9-14/h2-10,22,24,28-30,32-40H,11H2,1H3/t22-,24+,28+,29-,30-/m1/s1. The Bertz CT molecular complexity index is 1720. The maximum Gasteiger partial charge on any atom is 0.157 e. The van der Waals surface area contributed by atoms with Gasteiger partial charge in [0.2, 0.25) is 0 Å². The first-order valence-electron chi connectivity index (χ1n) is 13.1. The highest BCUT2D eigenvalue weighted by Crippen LogP contribution is 2.56. The fourth-order valence-electron chi connectivity index (χ4n) is 5.82. The van der Waals surface area contributed by atoms with Crippen molar-refractivity contribution in [1.29, 1.82) is 0 Å². The molecule has 11 nitrogen and oxygen atoms in total.